The molecule has 0 amide bonds. The molecule has 1 aliphatic rings. The van der Waals surface area contributed by atoms with Crippen molar-refractivity contribution < 1.29 is 4.92 Å². The largest absolute Gasteiger partial charge is 0.354 e. The maximum Gasteiger partial charge on any atom is 0.270 e. The number of nitriles is 1. The number of nitro benzene ring substituents is 1. The second-order valence-electron chi connectivity index (χ2n) is 7.89. The SMILES string of the molecule is N#Cc1cc(N2CCN(Cc3nc4ccccc4c(=O)[nH]3)CC2)nc2ccc([N+](=O)[O-])cc12. The lowest BCUT2D eigenvalue weighted by atomic mass is 10.1. The highest BCUT2D eigenvalue weighted by atomic mass is 16.6. The lowest BCUT2D eigenvalue weighted by Gasteiger charge is -2.35. The first-order valence-corrected chi connectivity index (χ1v) is 10.5. The molecule has 2 aromatic heterocycles. The van der Waals surface area contributed by atoms with Crippen molar-refractivity contribution in [3.63, 3.8) is 0 Å². The highest BCUT2D eigenvalue weighted by molar-refractivity contribution is 5.88. The van der Waals surface area contributed by atoms with E-state index in [9.17, 15) is 20.2 Å². The van der Waals surface area contributed by atoms with E-state index in [0.717, 1.165) is 13.1 Å². The fourth-order valence-corrected chi connectivity index (χ4v) is 4.12. The number of para-hydroxylation sites is 1. The summed E-state index contributed by atoms with van der Waals surface area (Å²) in [6, 6.07) is 15.5. The van der Waals surface area contributed by atoms with E-state index in [1.54, 1.807) is 18.2 Å². The Hall–Kier alpha value is -4.36. The second-order valence-corrected chi connectivity index (χ2v) is 7.89. The summed E-state index contributed by atoms with van der Waals surface area (Å²) in [5.41, 5.74) is 1.38. The number of nitrogens with zero attached hydrogens (tertiary/aromatic N) is 6. The smallest absolute Gasteiger partial charge is 0.270 e. The van der Waals surface area contributed by atoms with Crippen LogP contribution in [-0.2, 0) is 6.54 Å². The number of hydrogen-bond donors (Lipinski definition) is 1. The molecule has 1 N–H and O–H groups in total. The van der Waals surface area contributed by atoms with Crippen molar-refractivity contribution in [3.05, 3.63) is 80.4 Å². The first-order chi connectivity index (χ1) is 16.0. The first-order valence-electron chi connectivity index (χ1n) is 10.5. The summed E-state index contributed by atoms with van der Waals surface area (Å²) < 4.78 is 0. The van der Waals surface area contributed by atoms with Crippen LogP contribution in [0, 0.1) is 21.4 Å². The number of nitrogens with one attached hydrogen (secondary N) is 1. The van der Waals surface area contributed by atoms with Crippen LogP contribution in [0.4, 0.5) is 11.5 Å². The minimum Gasteiger partial charge on any atom is -0.354 e. The second kappa shape index (κ2) is 8.29. The van der Waals surface area contributed by atoms with Crippen LogP contribution >= 0.6 is 0 Å². The molecule has 3 heterocycles. The lowest BCUT2D eigenvalue weighted by Crippen LogP contribution is -2.46. The maximum absolute atomic E-state index is 12.3. The van der Waals surface area contributed by atoms with Crippen molar-refractivity contribution >= 4 is 33.3 Å². The number of benzene rings is 2. The van der Waals surface area contributed by atoms with E-state index in [-0.39, 0.29) is 11.2 Å². The molecular formula is C23H19N7O3. The highest BCUT2D eigenvalue weighted by Crippen LogP contribution is 2.27. The molecule has 1 fully saturated rings. The van der Waals surface area contributed by atoms with E-state index < -0.39 is 4.92 Å². The summed E-state index contributed by atoms with van der Waals surface area (Å²) in [4.78, 5) is 39.3. The van der Waals surface area contributed by atoms with Crippen molar-refractivity contribution in [2.24, 2.45) is 0 Å². The summed E-state index contributed by atoms with van der Waals surface area (Å²) in [5, 5.41) is 21.7. The zero-order chi connectivity index (χ0) is 22.9. The van der Waals surface area contributed by atoms with Gasteiger partial charge >= 0.3 is 0 Å². The number of H-pyrrole nitrogens is 1. The van der Waals surface area contributed by atoms with Crippen molar-refractivity contribution in [3.8, 4) is 6.07 Å². The number of pyridine rings is 1. The zero-order valence-electron chi connectivity index (χ0n) is 17.6. The molecule has 164 valence electrons. The number of nitro groups is 1. The van der Waals surface area contributed by atoms with Gasteiger partial charge in [-0.1, -0.05) is 12.1 Å². The van der Waals surface area contributed by atoms with Crippen LogP contribution in [-0.4, -0.2) is 51.0 Å². The van der Waals surface area contributed by atoms with Crippen LogP contribution in [0.25, 0.3) is 21.8 Å². The van der Waals surface area contributed by atoms with Gasteiger partial charge in [0.05, 0.1) is 39.5 Å². The topological polar surface area (TPSA) is 132 Å². The Kier molecular flexibility index (Phi) is 5.16. The molecule has 1 aliphatic heterocycles. The molecule has 0 spiro atoms. The van der Waals surface area contributed by atoms with Crippen LogP contribution in [0.5, 0.6) is 0 Å². The summed E-state index contributed by atoms with van der Waals surface area (Å²) in [7, 11) is 0. The van der Waals surface area contributed by atoms with Gasteiger partial charge in [-0.2, -0.15) is 5.26 Å². The van der Waals surface area contributed by atoms with E-state index in [0.29, 0.717) is 58.6 Å². The molecular weight excluding hydrogens is 422 g/mol. The first kappa shape index (κ1) is 20.5. The van der Waals surface area contributed by atoms with Crippen LogP contribution in [0.1, 0.15) is 11.4 Å². The molecule has 33 heavy (non-hydrogen) atoms. The summed E-state index contributed by atoms with van der Waals surface area (Å²) >= 11 is 0. The van der Waals surface area contributed by atoms with E-state index in [2.05, 4.69) is 30.8 Å². The van der Waals surface area contributed by atoms with Gasteiger partial charge in [0.1, 0.15) is 11.6 Å². The number of anilines is 1. The summed E-state index contributed by atoms with van der Waals surface area (Å²) in [5.74, 6) is 1.30. The molecule has 10 nitrogen and oxygen atoms in total. The predicted octanol–water partition coefficient (Wildman–Crippen LogP) is 2.57. The van der Waals surface area contributed by atoms with Gasteiger partial charge < -0.3 is 9.88 Å². The standard InChI is InChI=1S/C23H19N7O3/c24-13-15-11-22(26-20-6-5-16(30(32)33)12-18(15)20)29-9-7-28(8-10-29)14-21-25-19-4-2-1-3-17(19)23(31)27-21/h1-6,11-12H,7-10,14H2,(H,25,27,31). The van der Waals surface area contributed by atoms with Gasteiger partial charge in [0.15, 0.2) is 0 Å². The van der Waals surface area contributed by atoms with Gasteiger partial charge in [-0.05, 0) is 24.3 Å². The van der Waals surface area contributed by atoms with Gasteiger partial charge in [-0.3, -0.25) is 19.8 Å². The summed E-state index contributed by atoms with van der Waals surface area (Å²) in [6.07, 6.45) is 0. The maximum atomic E-state index is 12.3. The molecule has 4 aromatic rings. The molecule has 0 bridgehead atoms. The third kappa shape index (κ3) is 3.97. The number of non-ortho nitro benzene ring substituents is 1. The van der Waals surface area contributed by atoms with Crippen molar-refractivity contribution in [1.82, 2.24) is 19.9 Å². The number of piperazine rings is 1. The summed E-state index contributed by atoms with van der Waals surface area (Å²) in [6.45, 7) is 3.38. The van der Waals surface area contributed by atoms with Gasteiger partial charge in [0.2, 0.25) is 0 Å². The number of hydrogen-bond acceptors (Lipinski definition) is 8. The number of rotatable bonds is 4. The normalized spacial score (nSPS) is 14.5. The zero-order valence-corrected chi connectivity index (χ0v) is 17.6. The third-order valence-corrected chi connectivity index (χ3v) is 5.84. The Morgan fingerprint density at radius 3 is 2.55 bits per heavy atom. The molecule has 0 unspecified atom stereocenters. The van der Waals surface area contributed by atoms with E-state index in [4.69, 9.17) is 0 Å². The van der Waals surface area contributed by atoms with Crippen molar-refractivity contribution in [2.45, 2.75) is 6.54 Å². The molecule has 5 rings (SSSR count). The van der Waals surface area contributed by atoms with E-state index in [1.165, 1.54) is 12.1 Å². The van der Waals surface area contributed by atoms with Crippen LogP contribution in [0.2, 0.25) is 0 Å². The molecule has 1 saturated heterocycles. The third-order valence-electron chi connectivity index (χ3n) is 5.84. The van der Waals surface area contributed by atoms with Gasteiger partial charge in [-0.25, -0.2) is 9.97 Å². The highest BCUT2D eigenvalue weighted by Gasteiger charge is 2.21. The number of aromatic nitrogens is 3. The average molecular weight is 441 g/mol. The molecule has 0 aliphatic carbocycles. The average Bonchev–Trinajstić information content (AvgIpc) is 2.83. The monoisotopic (exact) mass is 441 g/mol. The van der Waals surface area contributed by atoms with Gasteiger partial charge in [0, 0.05) is 43.7 Å². The molecule has 0 atom stereocenters. The Bertz CT molecular complexity index is 1480. The van der Waals surface area contributed by atoms with Crippen molar-refractivity contribution in [1.29, 1.82) is 5.26 Å². The number of fused-ring (bicyclic) bond motifs is 2. The van der Waals surface area contributed by atoms with E-state index >= 15 is 0 Å². The Morgan fingerprint density at radius 2 is 1.79 bits per heavy atom. The van der Waals surface area contributed by atoms with Gasteiger partial charge in [-0.15, -0.1) is 0 Å². The van der Waals surface area contributed by atoms with Crippen LogP contribution in [0.3, 0.4) is 0 Å². The number of aromatic amines is 1. The molecule has 10 heteroatoms. The Morgan fingerprint density at radius 1 is 1.03 bits per heavy atom. The van der Waals surface area contributed by atoms with Crippen LogP contribution < -0.4 is 10.5 Å². The van der Waals surface area contributed by atoms with E-state index in [1.807, 2.05) is 18.2 Å². The minimum absolute atomic E-state index is 0.0671. The molecule has 0 radical (unpaired) electrons. The van der Waals surface area contributed by atoms with Crippen LogP contribution in [0.15, 0.2) is 53.3 Å². The lowest BCUT2D eigenvalue weighted by molar-refractivity contribution is -0.384. The minimum atomic E-state index is -0.481. The fourth-order valence-electron chi connectivity index (χ4n) is 4.12. The predicted molar refractivity (Wildman–Crippen MR) is 123 cm³/mol. The molecule has 2 aromatic carbocycles. The Labute approximate surface area is 187 Å². The van der Waals surface area contributed by atoms with Gasteiger partial charge in [0.25, 0.3) is 11.2 Å². The Balaban J connectivity index is 1.33. The van der Waals surface area contributed by atoms with Crippen molar-refractivity contribution in [2.75, 3.05) is 31.1 Å². The molecule has 0 saturated carbocycles. The quantitative estimate of drug-likeness (QED) is 0.377. The fraction of sp³-hybridized carbons (Fsp3) is 0.217.